The summed E-state index contributed by atoms with van der Waals surface area (Å²) in [5.74, 6) is 0.887. The van der Waals surface area contributed by atoms with E-state index in [9.17, 15) is 0 Å². The Morgan fingerprint density at radius 2 is 1.34 bits per heavy atom. The zero-order chi connectivity index (χ0) is 19.5. The number of nitrogens with one attached hydrogen (secondary N) is 1. The summed E-state index contributed by atoms with van der Waals surface area (Å²) in [7, 11) is -0.655. The van der Waals surface area contributed by atoms with Crippen LogP contribution in [0.3, 0.4) is 0 Å². The molecule has 0 bridgehead atoms. The summed E-state index contributed by atoms with van der Waals surface area (Å²) in [6.45, 7) is 0.651. The standard InChI is InChI=1S/C26H22NOP/c1-4-11-20(12-5-1)24-19-28-26(27-24)23-17-10-18-25(23)29(21-13-6-2-7-14-21)22-15-8-3-9-16-22/h1-18,24,27H,19H2/b26-23+. The van der Waals surface area contributed by atoms with Crippen LogP contribution < -0.4 is 15.9 Å². The van der Waals surface area contributed by atoms with Gasteiger partial charge in [0.15, 0.2) is 5.88 Å². The number of ether oxygens (including phenoxy) is 1. The van der Waals surface area contributed by atoms with Crippen molar-refractivity contribution >= 4 is 18.5 Å². The van der Waals surface area contributed by atoms with Crippen LogP contribution in [0.15, 0.2) is 126 Å². The lowest BCUT2D eigenvalue weighted by Crippen LogP contribution is -2.17. The molecule has 5 rings (SSSR count). The molecule has 0 spiro atoms. The molecule has 0 amide bonds. The van der Waals surface area contributed by atoms with Crippen molar-refractivity contribution in [3.8, 4) is 0 Å². The van der Waals surface area contributed by atoms with Crippen molar-refractivity contribution in [3.05, 3.63) is 132 Å². The van der Waals surface area contributed by atoms with Crippen molar-refractivity contribution in [3.63, 3.8) is 0 Å². The maximum absolute atomic E-state index is 6.14. The van der Waals surface area contributed by atoms with Crippen LogP contribution in [0.5, 0.6) is 0 Å². The molecule has 2 nitrogen and oxygen atoms in total. The third-order valence-electron chi connectivity index (χ3n) is 5.21. The molecule has 142 valence electrons. The van der Waals surface area contributed by atoms with Crippen LogP contribution in [-0.2, 0) is 4.74 Å². The fraction of sp³-hybridized carbons (Fsp3) is 0.0769. The summed E-state index contributed by atoms with van der Waals surface area (Å²) in [6.07, 6.45) is 6.56. The normalized spacial score (nSPS) is 20.4. The van der Waals surface area contributed by atoms with Gasteiger partial charge in [0.25, 0.3) is 0 Å². The Morgan fingerprint density at radius 3 is 1.97 bits per heavy atom. The Hall–Kier alpha value is -3.09. The summed E-state index contributed by atoms with van der Waals surface area (Å²) in [5.41, 5.74) is 2.42. The number of hydrogen-bond donors (Lipinski definition) is 1. The van der Waals surface area contributed by atoms with Gasteiger partial charge < -0.3 is 10.1 Å². The van der Waals surface area contributed by atoms with E-state index in [1.165, 1.54) is 27.1 Å². The highest BCUT2D eigenvalue weighted by molar-refractivity contribution is 7.77. The molecule has 1 saturated heterocycles. The monoisotopic (exact) mass is 395 g/mol. The van der Waals surface area contributed by atoms with Gasteiger partial charge in [-0.15, -0.1) is 0 Å². The van der Waals surface area contributed by atoms with E-state index in [0.29, 0.717) is 6.61 Å². The Kier molecular flexibility index (Phi) is 5.02. The highest BCUT2D eigenvalue weighted by Crippen LogP contribution is 2.49. The maximum atomic E-state index is 6.14. The smallest absolute Gasteiger partial charge is 0.195 e. The van der Waals surface area contributed by atoms with Crippen LogP contribution in [0.1, 0.15) is 11.6 Å². The third kappa shape index (κ3) is 3.64. The van der Waals surface area contributed by atoms with Gasteiger partial charge in [0.2, 0.25) is 0 Å². The van der Waals surface area contributed by atoms with E-state index in [1.807, 2.05) is 6.07 Å². The van der Waals surface area contributed by atoms with Gasteiger partial charge in [-0.1, -0.05) is 103 Å². The van der Waals surface area contributed by atoms with Crippen LogP contribution in [0, 0.1) is 0 Å². The first-order chi connectivity index (χ1) is 14.4. The van der Waals surface area contributed by atoms with Crippen molar-refractivity contribution in [2.75, 3.05) is 6.61 Å². The topological polar surface area (TPSA) is 21.3 Å². The average Bonchev–Trinajstić information content (AvgIpc) is 3.46. The van der Waals surface area contributed by atoms with E-state index in [4.69, 9.17) is 4.74 Å². The second kappa shape index (κ2) is 8.11. The van der Waals surface area contributed by atoms with Gasteiger partial charge in [-0.25, -0.2) is 0 Å². The molecular formula is C26H22NOP. The van der Waals surface area contributed by atoms with E-state index in [2.05, 4.69) is 108 Å². The highest BCUT2D eigenvalue weighted by atomic mass is 31.1. The van der Waals surface area contributed by atoms with Crippen LogP contribution in [0.4, 0.5) is 0 Å². The first kappa shape index (κ1) is 18.0. The van der Waals surface area contributed by atoms with Gasteiger partial charge in [0.1, 0.15) is 6.61 Å². The Morgan fingerprint density at radius 1 is 0.759 bits per heavy atom. The van der Waals surface area contributed by atoms with E-state index in [0.717, 1.165) is 5.88 Å². The summed E-state index contributed by atoms with van der Waals surface area (Å²) >= 11 is 0. The Bertz CT molecular complexity index is 1030. The molecule has 1 aliphatic heterocycles. The lowest BCUT2D eigenvalue weighted by atomic mass is 10.1. The molecule has 29 heavy (non-hydrogen) atoms. The molecule has 0 radical (unpaired) electrons. The molecule has 3 aromatic rings. The number of hydrogen-bond acceptors (Lipinski definition) is 2. The molecule has 1 unspecified atom stereocenters. The summed E-state index contributed by atoms with van der Waals surface area (Å²) in [6, 6.07) is 32.3. The van der Waals surface area contributed by atoms with Crippen molar-refractivity contribution in [2.24, 2.45) is 0 Å². The van der Waals surface area contributed by atoms with Crippen molar-refractivity contribution in [1.29, 1.82) is 0 Å². The minimum atomic E-state index is -0.655. The maximum Gasteiger partial charge on any atom is 0.195 e. The highest BCUT2D eigenvalue weighted by Gasteiger charge is 2.29. The van der Waals surface area contributed by atoms with E-state index in [-0.39, 0.29) is 6.04 Å². The van der Waals surface area contributed by atoms with Crippen molar-refractivity contribution in [1.82, 2.24) is 5.32 Å². The van der Waals surface area contributed by atoms with Crippen molar-refractivity contribution < 1.29 is 4.74 Å². The molecule has 1 fully saturated rings. The van der Waals surface area contributed by atoms with E-state index >= 15 is 0 Å². The molecule has 0 aromatic heterocycles. The first-order valence-corrected chi connectivity index (χ1v) is 11.2. The van der Waals surface area contributed by atoms with Crippen LogP contribution in [0.25, 0.3) is 0 Å². The quantitative estimate of drug-likeness (QED) is 0.617. The summed E-state index contributed by atoms with van der Waals surface area (Å²) < 4.78 is 6.14. The minimum absolute atomic E-state index is 0.189. The van der Waals surface area contributed by atoms with Gasteiger partial charge in [0.05, 0.1) is 6.04 Å². The van der Waals surface area contributed by atoms with Crippen LogP contribution in [-0.4, -0.2) is 6.61 Å². The zero-order valence-corrected chi connectivity index (χ0v) is 16.9. The summed E-state index contributed by atoms with van der Waals surface area (Å²) in [4.78, 5) is 0. The zero-order valence-electron chi connectivity index (χ0n) is 16.0. The molecule has 3 aromatic carbocycles. The second-order valence-electron chi connectivity index (χ2n) is 7.08. The second-order valence-corrected chi connectivity index (χ2v) is 9.26. The molecule has 1 atom stereocenters. The van der Waals surface area contributed by atoms with Crippen LogP contribution >= 0.6 is 7.92 Å². The fourth-order valence-electron chi connectivity index (χ4n) is 3.81. The van der Waals surface area contributed by atoms with Gasteiger partial charge >= 0.3 is 0 Å². The molecule has 1 aliphatic carbocycles. The predicted octanol–water partition coefficient (Wildman–Crippen LogP) is 5.15. The van der Waals surface area contributed by atoms with E-state index in [1.54, 1.807) is 0 Å². The minimum Gasteiger partial charge on any atom is -0.476 e. The van der Waals surface area contributed by atoms with Crippen molar-refractivity contribution in [2.45, 2.75) is 6.04 Å². The lowest BCUT2D eigenvalue weighted by molar-refractivity contribution is 0.253. The lowest BCUT2D eigenvalue weighted by Gasteiger charge is -2.22. The number of benzene rings is 3. The molecule has 1 heterocycles. The van der Waals surface area contributed by atoms with Crippen LogP contribution in [0.2, 0.25) is 0 Å². The number of rotatable bonds is 4. The molecule has 3 heteroatoms. The van der Waals surface area contributed by atoms with Gasteiger partial charge in [0, 0.05) is 5.57 Å². The van der Waals surface area contributed by atoms with Gasteiger partial charge in [-0.3, -0.25) is 0 Å². The Labute approximate surface area is 173 Å². The first-order valence-electron chi connectivity index (χ1n) is 9.88. The molecule has 1 N–H and O–H groups in total. The fourth-order valence-corrected chi connectivity index (χ4v) is 6.25. The molecular weight excluding hydrogens is 373 g/mol. The molecule has 0 saturated carbocycles. The Balaban J connectivity index is 1.52. The third-order valence-corrected chi connectivity index (χ3v) is 7.71. The predicted molar refractivity (Wildman–Crippen MR) is 122 cm³/mol. The van der Waals surface area contributed by atoms with Gasteiger partial charge in [-0.05, 0) is 35.5 Å². The molecule has 2 aliphatic rings. The largest absolute Gasteiger partial charge is 0.476 e. The van der Waals surface area contributed by atoms with Gasteiger partial charge in [-0.2, -0.15) is 0 Å². The number of allylic oxidation sites excluding steroid dienone is 5. The summed E-state index contributed by atoms with van der Waals surface area (Å²) in [5, 5.41) is 7.63. The SMILES string of the molecule is C1=C/C(=C2/NC(c3ccccc3)CO2)C(P(c2ccccc2)c2ccccc2)=C1. The average molecular weight is 395 g/mol. The van der Waals surface area contributed by atoms with E-state index < -0.39 is 7.92 Å².